The van der Waals surface area contributed by atoms with Gasteiger partial charge in [-0.2, -0.15) is 5.26 Å². The van der Waals surface area contributed by atoms with Crippen LogP contribution in [0.2, 0.25) is 0 Å². The van der Waals surface area contributed by atoms with E-state index in [1.54, 1.807) is 12.1 Å². The van der Waals surface area contributed by atoms with Crippen LogP contribution in [0.1, 0.15) is 5.56 Å². The molecule has 21 heavy (non-hydrogen) atoms. The molecule has 0 unspecified atom stereocenters. The van der Waals surface area contributed by atoms with Gasteiger partial charge in [-0.05, 0) is 24.6 Å². The summed E-state index contributed by atoms with van der Waals surface area (Å²) in [6.45, 7) is 2.12. The number of carbonyl (C=O) groups excluding carboxylic acids is 1. The number of anilines is 1. The molecule has 0 aromatic heterocycles. The van der Waals surface area contributed by atoms with E-state index < -0.39 is 5.91 Å². The molecule has 1 aromatic carbocycles. The minimum absolute atomic E-state index is 0.0848. The van der Waals surface area contributed by atoms with Crippen LogP contribution in [0.25, 0.3) is 0 Å². The molecule has 0 saturated carbocycles. The Morgan fingerprint density at radius 1 is 1.38 bits per heavy atom. The molecular formula is C15H19N3O3. The van der Waals surface area contributed by atoms with Gasteiger partial charge < -0.3 is 20.4 Å². The lowest BCUT2D eigenvalue weighted by molar-refractivity contribution is -0.112. The molecule has 0 fully saturated rings. The minimum atomic E-state index is -0.524. The van der Waals surface area contributed by atoms with Gasteiger partial charge in [0, 0.05) is 25.0 Å². The molecular weight excluding hydrogens is 270 g/mol. The number of nitrogens with one attached hydrogen (secondary N) is 1. The topological polar surface area (TPSA) is 96.6 Å². The van der Waals surface area contributed by atoms with E-state index in [-0.39, 0.29) is 31.9 Å². The summed E-state index contributed by atoms with van der Waals surface area (Å²) >= 11 is 0. The SMILES string of the molecule is Cc1cccc(NC(=O)/C(C#N)=C\N(CCO)CCO)c1. The molecule has 3 N–H and O–H groups in total. The van der Waals surface area contributed by atoms with Crippen molar-refractivity contribution in [1.82, 2.24) is 4.90 Å². The van der Waals surface area contributed by atoms with Crippen LogP contribution in [0, 0.1) is 18.3 Å². The van der Waals surface area contributed by atoms with Crippen LogP contribution >= 0.6 is 0 Å². The molecule has 0 heterocycles. The Morgan fingerprint density at radius 3 is 2.57 bits per heavy atom. The number of rotatable bonds is 7. The number of amides is 1. The zero-order chi connectivity index (χ0) is 15.7. The van der Waals surface area contributed by atoms with Crippen LogP contribution < -0.4 is 5.32 Å². The summed E-state index contributed by atoms with van der Waals surface area (Å²) < 4.78 is 0. The number of hydrogen-bond donors (Lipinski definition) is 3. The van der Waals surface area contributed by atoms with E-state index in [9.17, 15) is 4.79 Å². The number of benzene rings is 1. The Bertz CT molecular complexity index is 543. The second-order valence-corrected chi connectivity index (χ2v) is 4.46. The lowest BCUT2D eigenvalue weighted by atomic mass is 10.2. The number of aliphatic hydroxyl groups excluding tert-OH is 2. The maximum absolute atomic E-state index is 12.0. The quantitative estimate of drug-likeness (QED) is 0.505. The summed E-state index contributed by atoms with van der Waals surface area (Å²) in [7, 11) is 0. The van der Waals surface area contributed by atoms with Crippen LogP contribution in [-0.4, -0.2) is 47.3 Å². The summed E-state index contributed by atoms with van der Waals surface area (Å²) in [5.74, 6) is -0.524. The Balaban J connectivity index is 2.83. The van der Waals surface area contributed by atoms with Crippen molar-refractivity contribution in [1.29, 1.82) is 5.26 Å². The molecule has 0 radical (unpaired) electrons. The maximum Gasteiger partial charge on any atom is 0.267 e. The average Bonchev–Trinajstić information content (AvgIpc) is 2.45. The number of aliphatic hydroxyl groups is 2. The molecule has 1 aromatic rings. The van der Waals surface area contributed by atoms with Crippen LogP contribution in [0.3, 0.4) is 0 Å². The molecule has 0 bridgehead atoms. The molecule has 112 valence electrons. The van der Waals surface area contributed by atoms with Crippen LogP contribution in [-0.2, 0) is 4.79 Å². The van der Waals surface area contributed by atoms with E-state index >= 15 is 0 Å². The number of carbonyl (C=O) groups is 1. The first kappa shape index (κ1) is 16.7. The molecule has 0 atom stereocenters. The normalized spacial score (nSPS) is 10.9. The fourth-order valence-corrected chi connectivity index (χ4v) is 1.74. The monoisotopic (exact) mass is 289 g/mol. The zero-order valence-corrected chi connectivity index (χ0v) is 11.9. The van der Waals surface area contributed by atoms with Crippen molar-refractivity contribution in [3.05, 3.63) is 41.6 Å². The summed E-state index contributed by atoms with van der Waals surface area (Å²) in [6.07, 6.45) is 1.34. The van der Waals surface area contributed by atoms with E-state index in [1.165, 1.54) is 11.1 Å². The fraction of sp³-hybridized carbons (Fsp3) is 0.333. The van der Waals surface area contributed by atoms with Gasteiger partial charge >= 0.3 is 0 Å². The summed E-state index contributed by atoms with van der Waals surface area (Å²) in [6, 6.07) is 9.07. The Hall–Kier alpha value is -2.36. The molecule has 6 heteroatoms. The van der Waals surface area contributed by atoms with Gasteiger partial charge in [0.2, 0.25) is 0 Å². The van der Waals surface area contributed by atoms with Crippen molar-refractivity contribution in [3.8, 4) is 6.07 Å². The van der Waals surface area contributed by atoms with Gasteiger partial charge in [0.15, 0.2) is 0 Å². The minimum Gasteiger partial charge on any atom is -0.395 e. The van der Waals surface area contributed by atoms with Crippen LogP contribution in [0.5, 0.6) is 0 Å². The first-order chi connectivity index (χ1) is 10.1. The highest BCUT2D eigenvalue weighted by molar-refractivity contribution is 6.06. The Kier molecular flexibility index (Phi) is 6.95. The Morgan fingerprint density at radius 2 is 2.05 bits per heavy atom. The highest BCUT2D eigenvalue weighted by Gasteiger charge is 2.11. The van der Waals surface area contributed by atoms with E-state index in [4.69, 9.17) is 15.5 Å². The van der Waals surface area contributed by atoms with Crippen molar-refractivity contribution in [2.75, 3.05) is 31.6 Å². The highest BCUT2D eigenvalue weighted by Crippen LogP contribution is 2.11. The molecule has 0 aliphatic heterocycles. The van der Waals surface area contributed by atoms with Gasteiger partial charge in [0.05, 0.1) is 13.2 Å². The van der Waals surface area contributed by atoms with Gasteiger partial charge in [-0.25, -0.2) is 0 Å². The fourth-order valence-electron chi connectivity index (χ4n) is 1.74. The van der Waals surface area contributed by atoms with Crippen molar-refractivity contribution >= 4 is 11.6 Å². The van der Waals surface area contributed by atoms with Gasteiger partial charge in [-0.3, -0.25) is 4.79 Å². The third-order valence-corrected chi connectivity index (χ3v) is 2.73. The molecule has 1 rings (SSSR count). The van der Waals surface area contributed by atoms with Crippen molar-refractivity contribution in [2.24, 2.45) is 0 Å². The second-order valence-electron chi connectivity index (χ2n) is 4.46. The molecule has 0 aliphatic rings. The Labute approximate surface area is 123 Å². The van der Waals surface area contributed by atoms with Crippen LogP contribution in [0.4, 0.5) is 5.69 Å². The number of nitriles is 1. The molecule has 1 amide bonds. The third kappa shape index (κ3) is 5.65. The molecule has 0 spiro atoms. The highest BCUT2D eigenvalue weighted by atomic mass is 16.3. The summed E-state index contributed by atoms with van der Waals surface area (Å²) in [5.41, 5.74) is 1.52. The first-order valence-corrected chi connectivity index (χ1v) is 6.56. The van der Waals surface area contributed by atoms with Crippen molar-refractivity contribution in [3.63, 3.8) is 0 Å². The molecule has 0 aliphatic carbocycles. The lowest BCUT2D eigenvalue weighted by Crippen LogP contribution is -2.26. The van der Waals surface area contributed by atoms with E-state index in [1.807, 2.05) is 25.1 Å². The van der Waals surface area contributed by atoms with Gasteiger partial charge in [-0.1, -0.05) is 12.1 Å². The number of nitrogens with zero attached hydrogens (tertiary/aromatic N) is 2. The van der Waals surface area contributed by atoms with Crippen molar-refractivity contribution < 1.29 is 15.0 Å². The lowest BCUT2D eigenvalue weighted by Gasteiger charge is -2.18. The largest absolute Gasteiger partial charge is 0.395 e. The van der Waals surface area contributed by atoms with Gasteiger partial charge in [0.1, 0.15) is 11.6 Å². The first-order valence-electron chi connectivity index (χ1n) is 6.56. The predicted molar refractivity (Wildman–Crippen MR) is 79.2 cm³/mol. The predicted octanol–water partition coefficient (Wildman–Crippen LogP) is 0.628. The summed E-state index contributed by atoms with van der Waals surface area (Å²) in [4.78, 5) is 13.6. The van der Waals surface area contributed by atoms with E-state index in [2.05, 4.69) is 5.32 Å². The van der Waals surface area contributed by atoms with Crippen LogP contribution in [0.15, 0.2) is 36.0 Å². The van der Waals surface area contributed by atoms with Gasteiger partial charge in [-0.15, -0.1) is 0 Å². The van der Waals surface area contributed by atoms with E-state index in [0.717, 1.165) is 5.56 Å². The standard InChI is InChI=1S/C15H19N3O3/c1-12-3-2-4-14(9-12)17-15(21)13(10-16)11-18(5-7-19)6-8-20/h2-4,9,11,19-20H,5-8H2,1H3,(H,17,21)/b13-11-. The van der Waals surface area contributed by atoms with E-state index in [0.29, 0.717) is 5.69 Å². The zero-order valence-electron chi connectivity index (χ0n) is 11.9. The van der Waals surface area contributed by atoms with Crippen molar-refractivity contribution in [2.45, 2.75) is 6.92 Å². The number of aryl methyl sites for hydroxylation is 1. The second kappa shape index (κ2) is 8.74. The maximum atomic E-state index is 12.0. The average molecular weight is 289 g/mol. The van der Waals surface area contributed by atoms with Gasteiger partial charge in [0.25, 0.3) is 5.91 Å². The summed E-state index contributed by atoms with van der Waals surface area (Å²) in [5, 5.41) is 29.6. The smallest absolute Gasteiger partial charge is 0.267 e. The number of hydrogen-bond acceptors (Lipinski definition) is 5. The molecule has 0 saturated heterocycles. The molecule has 6 nitrogen and oxygen atoms in total. The third-order valence-electron chi connectivity index (χ3n) is 2.73.